The Hall–Kier alpha value is -2.30. The number of ether oxygens (including phenoxy) is 3. The summed E-state index contributed by atoms with van der Waals surface area (Å²) in [5.41, 5.74) is 0.430. The van der Waals surface area contributed by atoms with E-state index in [2.05, 4.69) is 38.2 Å². The van der Waals surface area contributed by atoms with Crippen LogP contribution >= 0.6 is 0 Å². The van der Waals surface area contributed by atoms with E-state index in [-0.39, 0.29) is 36.3 Å². The number of aryl methyl sites for hydroxylation is 1. The van der Waals surface area contributed by atoms with Gasteiger partial charge >= 0.3 is 19.3 Å². The van der Waals surface area contributed by atoms with E-state index < -0.39 is 30.9 Å². The van der Waals surface area contributed by atoms with E-state index in [0.29, 0.717) is 31.4 Å². The number of nitrogens with one attached hydrogen (secondary N) is 1. The fraction of sp³-hybridized carbons (Fsp3) is 0.733. The number of amides is 2. The van der Waals surface area contributed by atoms with Gasteiger partial charge in [0.15, 0.2) is 0 Å². The molecule has 3 aliphatic carbocycles. The Morgan fingerprint density at radius 2 is 1.93 bits per heavy atom. The number of alkyl carbamates (subject to hydrolysis) is 1. The zero-order chi connectivity index (χ0) is 28.7. The quantitative estimate of drug-likeness (QED) is 0.490. The summed E-state index contributed by atoms with van der Waals surface area (Å²) < 4.78 is 30.0. The van der Waals surface area contributed by atoms with Crippen LogP contribution in [0, 0.1) is 17.3 Å². The molecule has 40 heavy (non-hydrogen) atoms. The molecule has 5 aliphatic rings. The van der Waals surface area contributed by atoms with Crippen molar-refractivity contribution in [3.8, 4) is 0 Å². The first-order valence-electron chi connectivity index (χ1n) is 14.7. The first-order chi connectivity index (χ1) is 18.9. The van der Waals surface area contributed by atoms with Gasteiger partial charge < -0.3 is 28.8 Å². The molecule has 0 aromatic heterocycles. The molecular weight excluding hydrogens is 511 g/mol. The maximum Gasteiger partial charge on any atom is 0.481 e. The third-order valence-electron chi connectivity index (χ3n) is 9.45. The molecule has 0 radical (unpaired) electrons. The normalized spacial score (nSPS) is 31.6. The van der Waals surface area contributed by atoms with Crippen molar-refractivity contribution in [2.24, 2.45) is 17.3 Å². The van der Waals surface area contributed by atoms with Crippen LogP contribution in [0.5, 0.6) is 0 Å². The minimum absolute atomic E-state index is 0.00114. The molecule has 2 aliphatic heterocycles. The SMILES string of the molecule is CC(C)(C)OC(=O)N1CCOCC1COC(=O)N[C@@H](CCc1ccccc1)B1O[C@@H]2C[C@@H]3C[C@@H](C3(C)C)[C@]2(C)O1. The lowest BCUT2D eigenvalue weighted by atomic mass is 9.43. The summed E-state index contributed by atoms with van der Waals surface area (Å²) in [5, 5.41) is 3.04. The van der Waals surface area contributed by atoms with Crippen LogP contribution in [-0.4, -0.2) is 79.9 Å². The Morgan fingerprint density at radius 1 is 1.18 bits per heavy atom. The van der Waals surface area contributed by atoms with E-state index in [4.69, 9.17) is 23.5 Å². The van der Waals surface area contributed by atoms with E-state index in [1.54, 1.807) is 4.90 Å². The van der Waals surface area contributed by atoms with E-state index in [0.717, 1.165) is 19.3 Å². The predicted octanol–water partition coefficient (Wildman–Crippen LogP) is 4.62. The van der Waals surface area contributed by atoms with Crippen LogP contribution in [0.3, 0.4) is 0 Å². The van der Waals surface area contributed by atoms with E-state index in [1.807, 2.05) is 39.0 Å². The first kappa shape index (κ1) is 29.2. The summed E-state index contributed by atoms with van der Waals surface area (Å²) in [4.78, 5) is 27.4. The second-order valence-corrected chi connectivity index (χ2v) is 13.6. The van der Waals surface area contributed by atoms with Crippen molar-refractivity contribution in [1.29, 1.82) is 0 Å². The average molecular weight is 557 g/mol. The number of benzene rings is 1. The number of carbonyl (C=O) groups is 2. The summed E-state index contributed by atoms with van der Waals surface area (Å²) in [6, 6.07) is 9.77. The topological polar surface area (TPSA) is 95.6 Å². The van der Waals surface area contributed by atoms with Gasteiger partial charge in [-0.2, -0.15) is 0 Å². The highest BCUT2D eigenvalue weighted by atomic mass is 16.7. The zero-order valence-corrected chi connectivity index (χ0v) is 24.8. The van der Waals surface area contributed by atoms with Crippen LogP contribution in [0.25, 0.3) is 0 Å². The molecule has 1 unspecified atom stereocenters. The molecule has 5 fully saturated rings. The number of nitrogens with zero attached hydrogens (tertiary/aromatic N) is 1. The van der Waals surface area contributed by atoms with Gasteiger partial charge in [0.1, 0.15) is 12.2 Å². The standard InChI is InChI=1S/C30H45BN2O7/c1-28(2,3)38-27(35)33-14-15-36-18-22(33)19-37-26(34)32-25(13-12-20-10-8-7-9-11-20)31-39-24-17-21-16-23(29(21,4)5)30(24,6)40-31/h7-11,21-25H,12-19H2,1-6H3,(H,32,34)/t21-,22?,23-,24+,25-,30-/m0/s1. The molecule has 1 aromatic rings. The van der Waals surface area contributed by atoms with Crippen LogP contribution in [0.4, 0.5) is 9.59 Å². The van der Waals surface area contributed by atoms with Gasteiger partial charge in [-0.15, -0.1) is 0 Å². The first-order valence-corrected chi connectivity index (χ1v) is 14.7. The third-order valence-corrected chi connectivity index (χ3v) is 9.45. The lowest BCUT2D eigenvalue weighted by molar-refractivity contribution is -0.199. The minimum Gasteiger partial charge on any atom is -0.447 e. The second-order valence-electron chi connectivity index (χ2n) is 13.6. The molecule has 6 atom stereocenters. The lowest BCUT2D eigenvalue weighted by Gasteiger charge is -2.64. The fourth-order valence-corrected chi connectivity index (χ4v) is 7.03. The van der Waals surface area contributed by atoms with Crippen molar-refractivity contribution in [2.45, 2.75) is 96.5 Å². The number of hydrogen-bond acceptors (Lipinski definition) is 7. The molecule has 6 rings (SSSR count). The number of morpholine rings is 1. The summed E-state index contributed by atoms with van der Waals surface area (Å²) in [6.07, 6.45) is 2.57. The Balaban J connectivity index is 1.23. The molecule has 220 valence electrons. The summed E-state index contributed by atoms with van der Waals surface area (Å²) in [6.45, 7) is 13.4. The van der Waals surface area contributed by atoms with Crippen molar-refractivity contribution in [3.05, 3.63) is 35.9 Å². The highest BCUT2D eigenvalue weighted by Crippen LogP contribution is 2.65. The summed E-state index contributed by atoms with van der Waals surface area (Å²) >= 11 is 0. The van der Waals surface area contributed by atoms with Crippen molar-refractivity contribution in [3.63, 3.8) is 0 Å². The van der Waals surface area contributed by atoms with Crippen molar-refractivity contribution in [1.82, 2.24) is 10.2 Å². The number of rotatable bonds is 7. The van der Waals surface area contributed by atoms with Gasteiger partial charge in [-0.05, 0) is 76.2 Å². The van der Waals surface area contributed by atoms with E-state index in [9.17, 15) is 9.59 Å². The number of hydrogen-bond donors (Lipinski definition) is 1. The predicted molar refractivity (Wildman–Crippen MR) is 151 cm³/mol. The van der Waals surface area contributed by atoms with Gasteiger partial charge in [-0.1, -0.05) is 44.2 Å². The molecule has 2 bridgehead atoms. The van der Waals surface area contributed by atoms with E-state index >= 15 is 0 Å². The Kier molecular flexibility index (Phi) is 8.16. The van der Waals surface area contributed by atoms with Gasteiger partial charge in [0.05, 0.1) is 36.9 Å². The van der Waals surface area contributed by atoms with Gasteiger partial charge in [0.25, 0.3) is 0 Å². The fourth-order valence-electron chi connectivity index (χ4n) is 7.03. The maximum absolute atomic E-state index is 13.1. The molecule has 3 saturated carbocycles. The molecule has 10 heteroatoms. The number of carbonyl (C=O) groups excluding carboxylic acids is 2. The van der Waals surface area contributed by atoms with Gasteiger partial charge in [0, 0.05) is 6.54 Å². The molecular formula is C30H45BN2O7. The second kappa shape index (κ2) is 11.2. The molecule has 1 aromatic carbocycles. The van der Waals surface area contributed by atoms with Crippen molar-refractivity contribution >= 4 is 19.3 Å². The molecule has 1 N–H and O–H groups in total. The highest BCUT2D eigenvalue weighted by molar-refractivity contribution is 6.47. The van der Waals surface area contributed by atoms with Crippen LogP contribution in [0.1, 0.15) is 66.4 Å². The van der Waals surface area contributed by atoms with Crippen LogP contribution in [-0.2, 0) is 29.9 Å². The third kappa shape index (κ3) is 5.99. The summed E-state index contributed by atoms with van der Waals surface area (Å²) in [5.74, 6) is 0.685. The highest BCUT2D eigenvalue weighted by Gasteiger charge is 2.68. The molecule has 2 saturated heterocycles. The van der Waals surface area contributed by atoms with Gasteiger partial charge in [-0.25, -0.2) is 9.59 Å². The van der Waals surface area contributed by atoms with Gasteiger partial charge in [-0.3, -0.25) is 4.90 Å². The molecule has 0 spiro atoms. The smallest absolute Gasteiger partial charge is 0.447 e. The van der Waals surface area contributed by atoms with Gasteiger partial charge in [0.2, 0.25) is 0 Å². The van der Waals surface area contributed by atoms with Crippen LogP contribution in [0.15, 0.2) is 30.3 Å². The average Bonchev–Trinajstić information content (AvgIpc) is 3.26. The Labute approximate surface area is 238 Å². The zero-order valence-electron chi connectivity index (χ0n) is 24.8. The largest absolute Gasteiger partial charge is 0.481 e. The maximum atomic E-state index is 13.1. The molecule has 2 heterocycles. The summed E-state index contributed by atoms with van der Waals surface area (Å²) in [7, 11) is -0.558. The Morgan fingerprint density at radius 3 is 2.62 bits per heavy atom. The van der Waals surface area contributed by atoms with Crippen molar-refractivity contribution in [2.75, 3.05) is 26.4 Å². The Bertz CT molecular complexity index is 1060. The molecule has 9 nitrogen and oxygen atoms in total. The van der Waals surface area contributed by atoms with Crippen LogP contribution in [0.2, 0.25) is 0 Å². The lowest BCUT2D eigenvalue weighted by Crippen LogP contribution is -2.65. The minimum atomic E-state index is -0.616. The van der Waals surface area contributed by atoms with Crippen molar-refractivity contribution < 1.29 is 33.1 Å². The molecule has 2 amide bonds. The van der Waals surface area contributed by atoms with Crippen LogP contribution < -0.4 is 5.32 Å². The van der Waals surface area contributed by atoms with E-state index in [1.165, 1.54) is 5.56 Å². The monoisotopic (exact) mass is 556 g/mol.